The van der Waals surface area contributed by atoms with Crippen molar-refractivity contribution in [1.29, 1.82) is 0 Å². The fourth-order valence-corrected chi connectivity index (χ4v) is 12.0. The smallest absolute Gasteiger partial charge is 0.166 e. The molecule has 1 aliphatic carbocycles. The maximum Gasteiger partial charge on any atom is 0.166 e. The highest BCUT2D eigenvalue weighted by Crippen LogP contribution is 2.49. The first-order valence-corrected chi connectivity index (χ1v) is 24.9. The minimum atomic E-state index is 0.295. The van der Waals surface area contributed by atoms with E-state index in [0.29, 0.717) is 29.3 Å². The third kappa shape index (κ3) is 6.37. The molecule has 0 fully saturated rings. The molecule has 0 N–H and O–H groups in total. The van der Waals surface area contributed by atoms with E-state index in [0.717, 1.165) is 83.3 Å². The number of hydrogen-bond acceptors (Lipinski definition) is 4. The number of para-hydroxylation sites is 1. The van der Waals surface area contributed by atoms with Gasteiger partial charge in [-0.1, -0.05) is 183 Å². The van der Waals surface area contributed by atoms with E-state index in [2.05, 4.69) is 236 Å². The standard InChI is InChI=1S/C67H44N4O/c1-40-48-31-30-47(35-55(48)51-26-12-11-25-50(51)54(40)32-41-16-3-2-4-17-41)65-68-66(53-28-15-23-42-18-9-10-24-49(42)53)70-67(69-65)59-38-58-57-34-44-20-6-8-22-46(44)37-63(57)72-64(58)39-62(59)71-60-29-14-13-27-52(60)56-33-43-19-5-7-21-45(43)36-61(56)71/h2-31,33-40,54H,32H2,1H3. The first kappa shape index (κ1) is 40.7. The molecule has 5 nitrogen and oxygen atoms in total. The molecule has 0 bridgehead atoms. The second kappa shape index (κ2) is 15.9. The van der Waals surface area contributed by atoms with Gasteiger partial charge >= 0.3 is 0 Å². The quantitative estimate of drug-likeness (QED) is 0.167. The summed E-state index contributed by atoms with van der Waals surface area (Å²) in [5, 5.41) is 11.2. The van der Waals surface area contributed by atoms with E-state index >= 15 is 0 Å². The van der Waals surface area contributed by atoms with Crippen molar-refractivity contribution in [1.82, 2.24) is 19.5 Å². The van der Waals surface area contributed by atoms with Gasteiger partial charge in [-0.05, 0) is 121 Å². The van der Waals surface area contributed by atoms with Gasteiger partial charge in [0.05, 0.1) is 16.7 Å². The van der Waals surface area contributed by atoms with Gasteiger partial charge in [0.25, 0.3) is 0 Å². The average molecular weight is 921 g/mol. The molecular weight excluding hydrogens is 877 g/mol. The Morgan fingerprint density at radius 2 is 0.986 bits per heavy atom. The maximum absolute atomic E-state index is 6.88. The summed E-state index contributed by atoms with van der Waals surface area (Å²) in [7, 11) is 0. The Kier molecular flexibility index (Phi) is 8.99. The molecule has 1 aliphatic rings. The van der Waals surface area contributed by atoms with Gasteiger partial charge in [0.15, 0.2) is 17.5 Å². The van der Waals surface area contributed by atoms with E-state index in [1.54, 1.807) is 0 Å². The summed E-state index contributed by atoms with van der Waals surface area (Å²) in [6.45, 7) is 2.39. The van der Waals surface area contributed by atoms with Crippen LogP contribution in [-0.2, 0) is 6.42 Å². The van der Waals surface area contributed by atoms with Crippen molar-refractivity contribution >= 4 is 76.1 Å². The van der Waals surface area contributed by atoms with Gasteiger partial charge in [-0.15, -0.1) is 0 Å². The van der Waals surface area contributed by atoms with E-state index in [9.17, 15) is 0 Å². The van der Waals surface area contributed by atoms with Gasteiger partial charge in [0, 0.05) is 44.3 Å². The second-order valence-electron chi connectivity index (χ2n) is 19.5. The Labute approximate surface area is 415 Å². The first-order chi connectivity index (χ1) is 35.6. The molecule has 3 heterocycles. The third-order valence-electron chi connectivity index (χ3n) is 15.5. The van der Waals surface area contributed by atoms with Crippen LogP contribution < -0.4 is 0 Å². The Bertz CT molecular complexity index is 4520. The summed E-state index contributed by atoms with van der Waals surface area (Å²) in [5.74, 6) is 2.45. The maximum atomic E-state index is 6.88. The molecule has 3 aromatic heterocycles. The molecule has 72 heavy (non-hydrogen) atoms. The number of benzene rings is 11. The van der Waals surface area contributed by atoms with Crippen molar-refractivity contribution in [3.8, 4) is 51.0 Å². The van der Waals surface area contributed by atoms with Crippen LogP contribution in [0.15, 0.2) is 229 Å². The van der Waals surface area contributed by atoms with Crippen LogP contribution in [0, 0.1) is 0 Å². The lowest BCUT2D eigenvalue weighted by Crippen LogP contribution is -2.18. The number of hydrogen-bond donors (Lipinski definition) is 0. The number of rotatable bonds is 6. The van der Waals surface area contributed by atoms with Crippen LogP contribution in [0.3, 0.4) is 0 Å². The van der Waals surface area contributed by atoms with Crippen LogP contribution in [0.5, 0.6) is 0 Å². The molecule has 0 spiro atoms. The lowest BCUT2D eigenvalue weighted by atomic mass is 9.70. The minimum absolute atomic E-state index is 0.295. The Morgan fingerprint density at radius 1 is 0.389 bits per heavy atom. The molecule has 0 amide bonds. The molecule has 5 heteroatoms. The fraction of sp³-hybridized carbons (Fsp3) is 0.0597. The monoisotopic (exact) mass is 920 g/mol. The Balaban J connectivity index is 1.01. The van der Waals surface area contributed by atoms with Gasteiger partial charge in [-0.25, -0.2) is 15.0 Å². The van der Waals surface area contributed by atoms with E-state index in [4.69, 9.17) is 19.4 Å². The highest BCUT2D eigenvalue weighted by molar-refractivity contribution is 6.16. The van der Waals surface area contributed by atoms with Gasteiger partial charge in [0.2, 0.25) is 0 Å². The van der Waals surface area contributed by atoms with Crippen LogP contribution >= 0.6 is 0 Å². The van der Waals surface area contributed by atoms with Crippen molar-refractivity contribution < 1.29 is 4.42 Å². The fourth-order valence-electron chi connectivity index (χ4n) is 12.0. The molecule has 338 valence electrons. The van der Waals surface area contributed by atoms with Gasteiger partial charge in [-0.3, -0.25) is 0 Å². The van der Waals surface area contributed by atoms with Crippen LogP contribution in [0.2, 0.25) is 0 Å². The predicted octanol–water partition coefficient (Wildman–Crippen LogP) is 17.4. The number of nitrogens with zero attached hydrogens (tertiary/aromatic N) is 4. The summed E-state index contributed by atoms with van der Waals surface area (Å²) < 4.78 is 9.27. The van der Waals surface area contributed by atoms with E-state index in [-0.39, 0.29) is 0 Å². The zero-order valence-corrected chi connectivity index (χ0v) is 39.4. The van der Waals surface area contributed by atoms with Crippen molar-refractivity contribution in [3.63, 3.8) is 0 Å². The highest BCUT2D eigenvalue weighted by atomic mass is 16.3. The van der Waals surface area contributed by atoms with E-state index in [1.807, 2.05) is 0 Å². The van der Waals surface area contributed by atoms with Crippen molar-refractivity contribution in [2.45, 2.75) is 25.2 Å². The van der Waals surface area contributed by atoms with Crippen molar-refractivity contribution in [2.24, 2.45) is 0 Å². The predicted molar refractivity (Wildman–Crippen MR) is 297 cm³/mol. The zero-order valence-electron chi connectivity index (χ0n) is 39.4. The molecule has 0 saturated carbocycles. The number of fused-ring (bicyclic) bond motifs is 12. The van der Waals surface area contributed by atoms with Gasteiger partial charge < -0.3 is 8.98 Å². The minimum Gasteiger partial charge on any atom is -0.456 e. The zero-order chi connectivity index (χ0) is 47.4. The Hall–Kier alpha value is -9.19. The van der Waals surface area contributed by atoms with Gasteiger partial charge in [-0.2, -0.15) is 0 Å². The van der Waals surface area contributed by atoms with E-state index in [1.165, 1.54) is 49.4 Å². The molecule has 2 atom stereocenters. The number of furan rings is 1. The highest BCUT2D eigenvalue weighted by Gasteiger charge is 2.32. The largest absolute Gasteiger partial charge is 0.456 e. The summed E-state index contributed by atoms with van der Waals surface area (Å²) in [6.07, 6.45) is 0.975. The SMILES string of the molecule is CC1c2ccc(-c3nc(-c4cc5c(cc4-n4c6ccccc6c6cc7ccccc7cc64)oc4cc6ccccc6cc45)nc(-c4cccc5ccccc45)n3)cc2-c2ccccc2C1Cc1ccccc1. The molecule has 14 aromatic rings. The molecule has 0 aliphatic heterocycles. The lowest BCUT2D eigenvalue weighted by molar-refractivity contribution is 0.566. The summed E-state index contributed by atoms with van der Waals surface area (Å²) in [5.41, 5.74) is 14.1. The van der Waals surface area contributed by atoms with Crippen LogP contribution in [0.1, 0.15) is 35.4 Å². The normalized spacial score (nSPS) is 14.5. The van der Waals surface area contributed by atoms with Crippen LogP contribution in [0.25, 0.3) is 127 Å². The molecule has 11 aromatic carbocycles. The first-order valence-electron chi connectivity index (χ1n) is 24.9. The third-order valence-corrected chi connectivity index (χ3v) is 15.5. The molecule has 0 saturated heterocycles. The summed E-state index contributed by atoms with van der Waals surface area (Å²) in [4.78, 5) is 16.6. The summed E-state index contributed by atoms with van der Waals surface area (Å²) in [6, 6.07) is 81.0. The molecule has 15 rings (SSSR count). The summed E-state index contributed by atoms with van der Waals surface area (Å²) >= 11 is 0. The molecular formula is C67H44N4O. The molecule has 0 radical (unpaired) electrons. The van der Waals surface area contributed by atoms with Crippen LogP contribution in [-0.4, -0.2) is 19.5 Å². The van der Waals surface area contributed by atoms with Crippen LogP contribution in [0.4, 0.5) is 0 Å². The van der Waals surface area contributed by atoms with Gasteiger partial charge in [0.1, 0.15) is 11.2 Å². The Morgan fingerprint density at radius 3 is 1.81 bits per heavy atom. The second-order valence-corrected chi connectivity index (χ2v) is 19.5. The van der Waals surface area contributed by atoms with E-state index < -0.39 is 0 Å². The molecule has 2 unspecified atom stereocenters. The van der Waals surface area contributed by atoms with Crippen molar-refractivity contribution in [2.75, 3.05) is 0 Å². The topological polar surface area (TPSA) is 56.7 Å². The number of aromatic nitrogens is 4. The van der Waals surface area contributed by atoms with Crippen molar-refractivity contribution in [3.05, 3.63) is 241 Å². The lowest BCUT2D eigenvalue weighted by Gasteiger charge is -2.34. The average Bonchev–Trinajstić information content (AvgIpc) is 3.95.